The Kier molecular flexibility index (Phi) is 7.76. The van der Waals surface area contributed by atoms with Crippen molar-refractivity contribution >= 4 is 5.91 Å². The normalized spacial score (nSPS) is 14.7. The van der Waals surface area contributed by atoms with Gasteiger partial charge in [0.2, 0.25) is 0 Å². The average molecular weight is 466 g/mol. The van der Waals surface area contributed by atoms with Crippen LogP contribution in [0.25, 0.3) is 0 Å². The number of ether oxygens (including phenoxy) is 2. The minimum Gasteiger partial charge on any atom is -0.497 e. The third-order valence-electron chi connectivity index (χ3n) is 5.90. The van der Waals surface area contributed by atoms with E-state index < -0.39 is 0 Å². The van der Waals surface area contributed by atoms with E-state index in [9.17, 15) is 4.79 Å². The van der Waals surface area contributed by atoms with Gasteiger partial charge in [0.05, 0.1) is 19.8 Å². The molecule has 0 saturated heterocycles. The summed E-state index contributed by atoms with van der Waals surface area (Å²) < 4.78 is 12.8. The number of aliphatic hydroxyl groups is 1. The largest absolute Gasteiger partial charge is 0.497 e. The zero-order valence-electron chi connectivity index (χ0n) is 19.6. The maximum atomic E-state index is 12.7. The molecule has 2 aromatic carbocycles. The zero-order valence-corrected chi connectivity index (χ0v) is 19.6. The number of rotatable bonds is 9. The Morgan fingerprint density at radius 3 is 2.71 bits per heavy atom. The van der Waals surface area contributed by atoms with Crippen LogP contribution in [0.3, 0.4) is 0 Å². The number of aliphatic hydroxyl groups excluding tert-OH is 1. The fourth-order valence-electron chi connectivity index (χ4n) is 4.09. The maximum Gasteiger partial charge on any atom is 0.251 e. The molecular formula is C25H31N5O4. The number of aromatic nitrogens is 3. The molecule has 9 nitrogen and oxygen atoms in total. The van der Waals surface area contributed by atoms with Crippen molar-refractivity contribution in [2.75, 3.05) is 33.4 Å². The molecule has 2 N–H and O–H groups in total. The van der Waals surface area contributed by atoms with Crippen molar-refractivity contribution in [2.24, 2.45) is 0 Å². The van der Waals surface area contributed by atoms with Crippen molar-refractivity contribution in [3.8, 4) is 11.5 Å². The predicted molar refractivity (Wildman–Crippen MR) is 127 cm³/mol. The molecule has 1 aromatic heterocycles. The Hall–Kier alpha value is -3.43. The fourth-order valence-corrected chi connectivity index (χ4v) is 4.09. The Labute approximate surface area is 199 Å². The topological polar surface area (TPSA) is 102 Å². The zero-order chi connectivity index (χ0) is 23.9. The second kappa shape index (κ2) is 11.1. The third-order valence-corrected chi connectivity index (χ3v) is 5.90. The van der Waals surface area contributed by atoms with Crippen molar-refractivity contribution in [3.05, 3.63) is 71.3 Å². The van der Waals surface area contributed by atoms with E-state index in [-0.39, 0.29) is 18.6 Å². The molecule has 1 amide bonds. The highest BCUT2D eigenvalue weighted by Gasteiger charge is 2.23. The van der Waals surface area contributed by atoms with E-state index in [1.54, 1.807) is 25.3 Å². The van der Waals surface area contributed by atoms with Gasteiger partial charge in [-0.05, 0) is 42.8 Å². The van der Waals surface area contributed by atoms with E-state index in [0.717, 1.165) is 50.0 Å². The molecule has 0 aliphatic carbocycles. The summed E-state index contributed by atoms with van der Waals surface area (Å²) in [7, 11) is 1.58. The lowest BCUT2D eigenvalue weighted by Gasteiger charge is -2.20. The van der Waals surface area contributed by atoms with Gasteiger partial charge in [-0.2, -0.15) is 0 Å². The number of hydrogen-bond donors (Lipinski definition) is 2. The van der Waals surface area contributed by atoms with Gasteiger partial charge in [0.1, 0.15) is 23.9 Å². The molecule has 0 fully saturated rings. The molecule has 1 atom stereocenters. The van der Waals surface area contributed by atoms with E-state index in [0.29, 0.717) is 17.9 Å². The van der Waals surface area contributed by atoms with E-state index in [1.165, 1.54) is 5.56 Å². The molecule has 0 saturated carbocycles. The van der Waals surface area contributed by atoms with Gasteiger partial charge in [0, 0.05) is 38.2 Å². The Balaban J connectivity index is 1.36. The number of fused-ring (bicyclic) bond motifs is 1. The average Bonchev–Trinajstić information content (AvgIpc) is 3.18. The van der Waals surface area contributed by atoms with Crippen molar-refractivity contribution in [3.63, 3.8) is 0 Å². The minimum atomic E-state index is -0.280. The predicted octanol–water partition coefficient (Wildman–Crippen LogP) is 2.21. The van der Waals surface area contributed by atoms with Crippen LogP contribution in [0.1, 0.15) is 40.5 Å². The number of nitrogens with zero attached hydrogens (tertiary/aromatic N) is 4. The highest BCUT2D eigenvalue weighted by atomic mass is 16.5. The molecule has 1 unspecified atom stereocenters. The van der Waals surface area contributed by atoms with Gasteiger partial charge >= 0.3 is 0 Å². The van der Waals surface area contributed by atoms with Crippen LogP contribution in [0.2, 0.25) is 0 Å². The first-order chi connectivity index (χ1) is 16.6. The van der Waals surface area contributed by atoms with E-state index in [2.05, 4.69) is 37.1 Å². The first-order valence-corrected chi connectivity index (χ1v) is 11.5. The summed E-state index contributed by atoms with van der Waals surface area (Å²) in [6.07, 6.45) is 0.793. The van der Waals surface area contributed by atoms with Gasteiger partial charge in [-0.25, -0.2) is 0 Å². The smallest absolute Gasteiger partial charge is 0.251 e. The molecule has 1 aliphatic heterocycles. The number of benzene rings is 2. The third kappa shape index (κ3) is 5.73. The van der Waals surface area contributed by atoms with Gasteiger partial charge in [0.25, 0.3) is 5.91 Å². The van der Waals surface area contributed by atoms with Crippen molar-refractivity contribution in [2.45, 2.75) is 32.5 Å². The van der Waals surface area contributed by atoms with Crippen LogP contribution in [-0.4, -0.2) is 64.1 Å². The Bertz CT molecular complexity index is 1100. The fraction of sp³-hybridized carbons (Fsp3) is 0.400. The van der Waals surface area contributed by atoms with Crippen molar-refractivity contribution in [1.29, 1.82) is 0 Å². The van der Waals surface area contributed by atoms with E-state index in [4.69, 9.17) is 14.6 Å². The Morgan fingerprint density at radius 2 is 1.94 bits per heavy atom. The summed E-state index contributed by atoms with van der Waals surface area (Å²) in [6.45, 7) is 5.56. The van der Waals surface area contributed by atoms with Crippen LogP contribution in [0.5, 0.6) is 11.5 Å². The summed E-state index contributed by atoms with van der Waals surface area (Å²) in [4.78, 5) is 15.1. The number of hydrogen-bond acceptors (Lipinski definition) is 7. The first kappa shape index (κ1) is 23.7. The monoisotopic (exact) mass is 465 g/mol. The molecule has 0 radical (unpaired) electrons. The van der Waals surface area contributed by atoms with Crippen LogP contribution < -0.4 is 14.8 Å². The number of amides is 1. The molecule has 1 aliphatic rings. The van der Waals surface area contributed by atoms with Crippen LogP contribution in [0, 0.1) is 0 Å². The quantitative estimate of drug-likeness (QED) is 0.500. The molecular weight excluding hydrogens is 434 g/mol. The van der Waals surface area contributed by atoms with Crippen LogP contribution in [0.15, 0.2) is 48.5 Å². The van der Waals surface area contributed by atoms with Crippen LogP contribution >= 0.6 is 0 Å². The van der Waals surface area contributed by atoms with Crippen molar-refractivity contribution < 1.29 is 19.4 Å². The molecule has 4 rings (SSSR count). The second-order valence-electron chi connectivity index (χ2n) is 8.30. The second-order valence-corrected chi connectivity index (χ2v) is 8.30. The number of carbonyl (C=O) groups excluding carboxylic acids is 1. The molecule has 0 spiro atoms. The summed E-state index contributed by atoms with van der Waals surface area (Å²) in [6, 6.07) is 14.8. The minimum absolute atomic E-state index is 0.00447. The maximum absolute atomic E-state index is 12.7. The Morgan fingerprint density at radius 1 is 1.12 bits per heavy atom. The lowest BCUT2D eigenvalue weighted by molar-refractivity contribution is 0.0937. The number of nitrogens with one attached hydrogen (secondary N) is 1. The van der Waals surface area contributed by atoms with Crippen LogP contribution in [0.4, 0.5) is 0 Å². The van der Waals surface area contributed by atoms with Gasteiger partial charge in [-0.15, -0.1) is 10.2 Å². The van der Waals surface area contributed by atoms with Gasteiger partial charge in [-0.3, -0.25) is 9.69 Å². The van der Waals surface area contributed by atoms with Gasteiger partial charge in [0.15, 0.2) is 5.82 Å². The molecule has 180 valence electrons. The molecule has 9 heteroatoms. The summed E-state index contributed by atoms with van der Waals surface area (Å²) in [5, 5.41) is 20.7. The van der Waals surface area contributed by atoms with Crippen molar-refractivity contribution in [1.82, 2.24) is 25.0 Å². The van der Waals surface area contributed by atoms with E-state index >= 15 is 0 Å². The SMILES string of the molecule is COc1cccc(C(=O)NC(C)c2nnc3n2CCN(Cc2ccc(OCCO)cc2)CC3)c1. The molecule has 0 bridgehead atoms. The molecule has 2 heterocycles. The van der Waals surface area contributed by atoms with E-state index in [1.807, 2.05) is 25.1 Å². The summed E-state index contributed by atoms with van der Waals surface area (Å²) >= 11 is 0. The lowest BCUT2D eigenvalue weighted by atomic mass is 10.2. The first-order valence-electron chi connectivity index (χ1n) is 11.5. The molecule has 3 aromatic rings. The molecule has 34 heavy (non-hydrogen) atoms. The number of carbonyl (C=O) groups is 1. The lowest BCUT2D eigenvalue weighted by Crippen LogP contribution is -2.30. The van der Waals surface area contributed by atoms with Gasteiger partial charge < -0.3 is 24.5 Å². The highest BCUT2D eigenvalue weighted by molar-refractivity contribution is 5.94. The van der Waals surface area contributed by atoms with Gasteiger partial charge in [-0.1, -0.05) is 18.2 Å². The summed E-state index contributed by atoms with van der Waals surface area (Å²) in [5.41, 5.74) is 1.74. The number of methoxy groups -OCH3 is 1. The standard InChI is InChI=1S/C25H31N5O4/c1-18(26-25(32)20-4-3-5-22(16-20)33-2)24-28-27-23-10-11-29(12-13-30(23)24)17-19-6-8-21(9-7-19)34-15-14-31/h3-9,16,18,31H,10-15,17H2,1-2H3,(H,26,32). The summed E-state index contributed by atoms with van der Waals surface area (Å²) in [5.74, 6) is 2.93. The highest BCUT2D eigenvalue weighted by Crippen LogP contribution is 2.19. The van der Waals surface area contributed by atoms with Crippen LogP contribution in [-0.2, 0) is 19.5 Å².